The van der Waals surface area contributed by atoms with Gasteiger partial charge < -0.3 is 14.1 Å². The molecule has 0 bridgehead atoms. The van der Waals surface area contributed by atoms with Gasteiger partial charge in [0.25, 0.3) is 5.91 Å². The number of benzene rings is 1. The largest absolute Gasteiger partial charge is 0.493 e. The summed E-state index contributed by atoms with van der Waals surface area (Å²) < 4.78 is 10.9. The van der Waals surface area contributed by atoms with Crippen LogP contribution >= 0.6 is 0 Å². The van der Waals surface area contributed by atoms with Crippen LogP contribution in [0.4, 0.5) is 0 Å². The standard InChI is InChI=1S/C15H17N3O3/c1-10-16-17-14(21-10)9-18(2)15(19)12-5-6-13-11(8-12)4-3-7-20-13/h5-6,8H,3-4,7,9H2,1-2H3. The normalized spacial score (nSPS) is 13.4. The fourth-order valence-corrected chi connectivity index (χ4v) is 2.39. The van der Waals surface area contributed by atoms with Crippen LogP contribution in [0, 0.1) is 6.92 Å². The Balaban J connectivity index is 1.75. The molecule has 110 valence electrons. The van der Waals surface area contributed by atoms with Gasteiger partial charge in [-0.2, -0.15) is 0 Å². The molecule has 0 atom stereocenters. The number of fused-ring (bicyclic) bond motifs is 1. The summed E-state index contributed by atoms with van der Waals surface area (Å²) in [7, 11) is 1.72. The Labute approximate surface area is 122 Å². The summed E-state index contributed by atoms with van der Waals surface area (Å²) in [6.07, 6.45) is 1.94. The Morgan fingerprint density at radius 2 is 2.24 bits per heavy atom. The average molecular weight is 287 g/mol. The molecule has 0 aliphatic carbocycles. The third-order valence-corrected chi connectivity index (χ3v) is 3.44. The molecule has 1 aromatic heterocycles. The Kier molecular flexibility index (Phi) is 3.60. The van der Waals surface area contributed by atoms with Gasteiger partial charge in [0.15, 0.2) is 0 Å². The molecule has 0 unspecified atom stereocenters. The van der Waals surface area contributed by atoms with E-state index in [0.717, 1.165) is 30.8 Å². The number of aryl methyl sites for hydroxylation is 2. The van der Waals surface area contributed by atoms with Crippen LogP contribution in [0.3, 0.4) is 0 Å². The van der Waals surface area contributed by atoms with Crippen LogP contribution in [-0.2, 0) is 13.0 Å². The van der Waals surface area contributed by atoms with E-state index in [4.69, 9.17) is 9.15 Å². The van der Waals surface area contributed by atoms with Gasteiger partial charge in [0, 0.05) is 19.5 Å². The van der Waals surface area contributed by atoms with E-state index in [1.807, 2.05) is 12.1 Å². The van der Waals surface area contributed by atoms with E-state index in [-0.39, 0.29) is 5.91 Å². The highest BCUT2D eigenvalue weighted by molar-refractivity contribution is 5.94. The van der Waals surface area contributed by atoms with Crippen molar-refractivity contribution in [2.45, 2.75) is 26.3 Å². The second-order valence-corrected chi connectivity index (χ2v) is 5.15. The molecule has 6 heteroatoms. The summed E-state index contributed by atoms with van der Waals surface area (Å²) in [5, 5.41) is 7.66. The Morgan fingerprint density at radius 3 is 3.00 bits per heavy atom. The maximum Gasteiger partial charge on any atom is 0.254 e. The second-order valence-electron chi connectivity index (χ2n) is 5.15. The number of nitrogens with zero attached hydrogens (tertiary/aromatic N) is 3. The van der Waals surface area contributed by atoms with Crippen molar-refractivity contribution in [3.63, 3.8) is 0 Å². The number of hydrogen-bond acceptors (Lipinski definition) is 5. The van der Waals surface area contributed by atoms with Crippen LogP contribution in [0.25, 0.3) is 0 Å². The first-order chi connectivity index (χ1) is 10.1. The van der Waals surface area contributed by atoms with Gasteiger partial charge in [-0.25, -0.2) is 0 Å². The molecule has 1 aliphatic heterocycles. The molecule has 2 heterocycles. The highest BCUT2D eigenvalue weighted by Gasteiger charge is 2.18. The molecular formula is C15H17N3O3. The highest BCUT2D eigenvalue weighted by Crippen LogP contribution is 2.26. The average Bonchev–Trinajstić information content (AvgIpc) is 2.91. The van der Waals surface area contributed by atoms with Crippen molar-refractivity contribution in [2.75, 3.05) is 13.7 Å². The molecule has 2 aromatic rings. The maximum atomic E-state index is 12.4. The third kappa shape index (κ3) is 2.89. The summed E-state index contributed by atoms with van der Waals surface area (Å²) in [6, 6.07) is 5.57. The summed E-state index contributed by atoms with van der Waals surface area (Å²) in [4.78, 5) is 14.0. The number of aromatic nitrogens is 2. The van der Waals surface area contributed by atoms with E-state index < -0.39 is 0 Å². The van der Waals surface area contributed by atoms with Gasteiger partial charge in [-0.3, -0.25) is 4.79 Å². The molecule has 1 amide bonds. The number of ether oxygens (including phenoxy) is 1. The molecule has 0 fully saturated rings. The lowest BCUT2D eigenvalue weighted by Gasteiger charge is -2.19. The molecule has 0 spiro atoms. The van der Waals surface area contributed by atoms with E-state index in [1.54, 1.807) is 24.9 Å². The number of amides is 1. The third-order valence-electron chi connectivity index (χ3n) is 3.44. The summed E-state index contributed by atoms with van der Waals surface area (Å²) in [6.45, 7) is 2.77. The zero-order valence-electron chi connectivity index (χ0n) is 12.1. The number of hydrogen-bond donors (Lipinski definition) is 0. The zero-order chi connectivity index (χ0) is 14.8. The predicted molar refractivity (Wildman–Crippen MR) is 75.1 cm³/mol. The van der Waals surface area contributed by atoms with Crippen molar-refractivity contribution in [3.05, 3.63) is 41.1 Å². The summed E-state index contributed by atoms with van der Waals surface area (Å²) in [5.41, 5.74) is 1.74. The Bertz CT molecular complexity index is 666. The van der Waals surface area contributed by atoms with E-state index in [9.17, 15) is 4.79 Å². The first-order valence-corrected chi connectivity index (χ1v) is 6.93. The fourth-order valence-electron chi connectivity index (χ4n) is 2.39. The minimum Gasteiger partial charge on any atom is -0.493 e. The molecule has 0 saturated heterocycles. The molecule has 0 radical (unpaired) electrons. The van der Waals surface area contributed by atoms with Crippen molar-refractivity contribution in [3.8, 4) is 5.75 Å². The minimum absolute atomic E-state index is 0.0702. The van der Waals surface area contributed by atoms with Crippen molar-refractivity contribution >= 4 is 5.91 Å². The lowest BCUT2D eigenvalue weighted by atomic mass is 10.0. The molecule has 6 nitrogen and oxygen atoms in total. The monoisotopic (exact) mass is 287 g/mol. The van der Waals surface area contributed by atoms with Crippen LogP contribution in [-0.4, -0.2) is 34.7 Å². The van der Waals surface area contributed by atoms with Gasteiger partial charge in [0.1, 0.15) is 5.75 Å². The molecule has 0 N–H and O–H groups in total. The van der Waals surface area contributed by atoms with Crippen molar-refractivity contribution in [1.82, 2.24) is 15.1 Å². The quantitative estimate of drug-likeness (QED) is 0.863. The Hall–Kier alpha value is -2.37. The minimum atomic E-state index is -0.0702. The van der Waals surface area contributed by atoms with Gasteiger partial charge in [0.2, 0.25) is 11.8 Å². The first-order valence-electron chi connectivity index (χ1n) is 6.93. The van der Waals surface area contributed by atoms with Crippen molar-refractivity contribution in [1.29, 1.82) is 0 Å². The lowest BCUT2D eigenvalue weighted by Crippen LogP contribution is -2.26. The van der Waals surface area contributed by atoms with Gasteiger partial charge in [-0.05, 0) is 36.6 Å². The van der Waals surface area contributed by atoms with Gasteiger partial charge in [-0.1, -0.05) is 0 Å². The number of carbonyl (C=O) groups is 1. The maximum absolute atomic E-state index is 12.4. The van der Waals surface area contributed by atoms with Gasteiger partial charge in [0.05, 0.1) is 13.2 Å². The van der Waals surface area contributed by atoms with Crippen LogP contribution in [0.2, 0.25) is 0 Å². The molecular weight excluding hydrogens is 270 g/mol. The Morgan fingerprint density at radius 1 is 1.38 bits per heavy atom. The molecule has 21 heavy (non-hydrogen) atoms. The van der Waals surface area contributed by atoms with E-state index in [1.165, 1.54) is 0 Å². The SMILES string of the molecule is Cc1nnc(CN(C)C(=O)c2ccc3c(c2)CCCO3)o1. The molecule has 1 aromatic carbocycles. The number of rotatable bonds is 3. The van der Waals surface area contributed by atoms with Crippen molar-refractivity contribution in [2.24, 2.45) is 0 Å². The molecule has 1 aliphatic rings. The van der Waals surface area contributed by atoms with Crippen LogP contribution in [0.15, 0.2) is 22.6 Å². The van der Waals surface area contributed by atoms with Crippen LogP contribution in [0.5, 0.6) is 5.75 Å². The van der Waals surface area contributed by atoms with E-state index in [0.29, 0.717) is 23.9 Å². The summed E-state index contributed by atoms with van der Waals surface area (Å²) in [5.74, 6) is 1.74. The van der Waals surface area contributed by atoms with E-state index in [2.05, 4.69) is 10.2 Å². The van der Waals surface area contributed by atoms with Gasteiger partial charge in [-0.15, -0.1) is 10.2 Å². The number of carbonyl (C=O) groups excluding carboxylic acids is 1. The second kappa shape index (κ2) is 5.55. The topological polar surface area (TPSA) is 68.5 Å². The van der Waals surface area contributed by atoms with Crippen molar-refractivity contribution < 1.29 is 13.9 Å². The van der Waals surface area contributed by atoms with E-state index >= 15 is 0 Å². The molecule has 0 saturated carbocycles. The zero-order valence-corrected chi connectivity index (χ0v) is 12.1. The summed E-state index contributed by atoms with van der Waals surface area (Å²) >= 11 is 0. The highest BCUT2D eigenvalue weighted by atomic mass is 16.5. The fraction of sp³-hybridized carbons (Fsp3) is 0.400. The molecule has 3 rings (SSSR count). The van der Waals surface area contributed by atoms with Crippen LogP contribution in [0.1, 0.15) is 34.1 Å². The van der Waals surface area contributed by atoms with Crippen LogP contribution < -0.4 is 4.74 Å². The lowest BCUT2D eigenvalue weighted by molar-refractivity contribution is 0.0772. The first kappa shape index (κ1) is 13.6. The van der Waals surface area contributed by atoms with Gasteiger partial charge >= 0.3 is 0 Å². The smallest absolute Gasteiger partial charge is 0.254 e. The predicted octanol–water partition coefficient (Wildman–Crippen LogP) is 1.98.